The van der Waals surface area contributed by atoms with E-state index >= 15 is 0 Å². The van der Waals surface area contributed by atoms with E-state index in [4.69, 9.17) is 0 Å². The molecule has 0 unspecified atom stereocenters. The molecule has 0 fully saturated rings. The van der Waals surface area contributed by atoms with E-state index in [0.717, 1.165) is 0 Å². The molecule has 0 atom stereocenters. The van der Waals surface area contributed by atoms with Crippen LogP contribution in [0.5, 0.6) is 5.75 Å². The Morgan fingerprint density at radius 2 is 1.71 bits per heavy atom. The molecule has 0 aliphatic heterocycles. The number of rotatable bonds is 2. The zero-order valence-corrected chi connectivity index (χ0v) is 11.5. The van der Waals surface area contributed by atoms with Crippen molar-refractivity contribution in [1.82, 2.24) is 9.97 Å². The Labute approximate surface area is 121 Å². The highest BCUT2D eigenvalue weighted by atomic mass is 16.3. The lowest BCUT2D eigenvalue weighted by Gasteiger charge is -2.12. The number of H-pyrrole nitrogens is 1. The molecule has 0 radical (unpaired) electrons. The summed E-state index contributed by atoms with van der Waals surface area (Å²) in [6.45, 7) is 1.75. The van der Waals surface area contributed by atoms with E-state index in [9.17, 15) is 9.90 Å². The van der Waals surface area contributed by atoms with Crippen LogP contribution in [0.1, 0.15) is 5.69 Å². The molecule has 0 aliphatic carbocycles. The fraction of sp³-hybridized carbons (Fsp3) is 0.0588. The van der Waals surface area contributed by atoms with Gasteiger partial charge in [-0.25, -0.2) is 0 Å². The highest BCUT2D eigenvalue weighted by Gasteiger charge is 2.18. The van der Waals surface area contributed by atoms with Crippen molar-refractivity contribution in [2.24, 2.45) is 0 Å². The maximum Gasteiger partial charge on any atom is 0.259 e. The lowest BCUT2D eigenvalue weighted by molar-refractivity contribution is 0.477. The first-order chi connectivity index (χ1) is 10.2. The number of aromatic nitrogens is 2. The standard InChI is InChI=1S/C17H14N2O2/c1-11-14(13-9-5-6-10-18-13)16(20)15(17(21)19-11)12-7-3-2-4-8-12/h2-10H,1H3,(H2,19,20,21). The van der Waals surface area contributed by atoms with Crippen LogP contribution in [0.15, 0.2) is 59.5 Å². The quantitative estimate of drug-likeness (QED) is 0.757. The summed E-state index contributed by atoms with van der Waals surface area (Å²) < 4.78 is 0. The summed E-state index contributed by atoms with van der Waals surface area (Å²) in [6, 6.07) is 14.6. The molecule has 104 valence electrons. The predicted octanol–water partition coefficient (Wildman–Crippen LogP) is 3.12. The number of aryl methyl sites for hydroxylation is 1. The molecule has 2 heterocycles. The first kappa shape index (κ1) is 13.1. The molecule has 2 N–H and O–H groups in total. The van der Waals surface area contributed by atoms with Gasteiger partial charge in [0.15, 0.2) is 0 Å². The predicted molar refractivity (Wildman–Crippen MR) is 82.1 cm³/mol. The Balaban J connectivity index is 2.31. The van der Waals surface area contributed by atoms with Crippen molar-refractivity contribution >= 4 is 0 Å². The second-order valence-electron chi connectivity index (χ2n) is 4.76. The van der Waals surface area contributed by atoms with Crippen molar-refractivity contribution in [1.29, 1.82) is 0 Å². The van der Waals surface area contributed by atoms with Crippen LogP contribution in [0, 0.1) is 6.92 Å². The van der Waals surface area contributed by atoms with Gasteiger partial charge in [-0.15, -0.1) is 0 Å². The minimum Gasteiger partial charge on any atom is -0.506 e. The van der Waals surface area contributed by atoms with E-state index in [2.05, 4.69) is 9.97 Å². The third-order valence-electron chi connectivity index (χ3n) is 3.36. The third kappa shape index (κ3) is 2.31. The largest absolute Gasteiger partial charge is 0.506 e. The van der Waals surface area contributed by atoms with Gasteiger partial charge in [0.1, 0.15) is 5.75 Å². The smallest absolute Gasteiger partial charge is 0.259 e. The number of hydrogen-bond donors (Lipinski definition) is 2. The van der Waals surface area contributed by atoms with Crippen molar-refractivity contribution in [3.63, 3.8) is 0 Å². The number of nitrogens with one attached hydrogen (secondary N) is 1. The average molecular weight is 278 g/mol. The normalized spacial score (nSPS) is 10.5. The summed E-state index contributed by atoms with van der Waals surface area (Å²) in [5, 5.41) is 10.6. The number of aromatic amines is 1. The van der Waals surface area contributed by atoms with Gasteiger partial charge in [0.2, 0.25) is 0 Å². The highest BCUT2D eigenvalue weighted by Crippen LogP contribution is 2.35. The van der Waals surface area contributed by atoms with Gasteiger partial charge in [0.05, 0.1) is 16.8 Å². The molecule has 4 heteroatoms. The van der Waals surface area contributed by atoms with Gasteiger partial charge in [-0.05, 0) is 24.6 Å². The molecule has 1 aromatic carbocycles. The van der Waals surface area contributed by atoms with Crippen LogP contribution in [0.4, 0.5) is 0 Å². The molecule has 0 aliphatic rings. The van der Waals surface area contributed by atoms with E-state index in [1.54, 1.807) is 37.4 Å². The van der Waals surface area contributed by atoms with Gasteiger partial charge < -0.3 is 10.1 Å². The van der Waals surface area contributed by atoms with Crippen molar-refractivity contribution < 1.29 is 5.11 Å². The molecule has 2 aromatic heterocycles. The molecule has 3 aromatic rings. The van der Waals surface area contributed by atoms with Gasteiger partial charge in [-0.2, -0.15) is 0 Å². The Bertz CT molecular complexity index is 825. The Kier molecular flexibility index (Phi) is 3.28. The summed E-state index contributed by atoms with van der Waals surface area (Å²) >= 11 is 0. The topological polar surface area (TPSA) is 66.0 Å². The number of pyridine rings is 2. The van der Waals surface area contributed by atoms with Crippen LogP contribution >= 0.6 is 0 Å². The first-order valence-corrected chi connectivity index (χ1v) is 6.61. The van der Waals surface area contributed by atoms with Gasteiger partial charge in [-0.1, -0.05) is 36.4 Å². The van der Waals surface area contributed by atoms with E-state index in [-0.39, 0.29) is 16.9 Å². The molecule has 4 nitrogen and oxygen atoms in total. The van der Waals surface area contributed by atoms with Crippen LogP contribution < -0.4 is 5.56 Å². The maximum absolute atomic E-state index is 12.2. The Hall–Kier alpha value is -2.88. The molecule has 3 rings (SSSR count). The molecule has 0 saturated carbocycles. The van der Waals surface area contributed by atoms with Crippen LogP contribution in [-0.2, 0) is 0 Å². The minimum atomic E-state index is -0.309. The second kappa shape index (κ2) is 5.25. The number of hydrogen-bond acceptors (Lipinski definition) is 3. The van der Waals surface area contributed by atoms with E-state index < -0.39 is 0 Å². The summed E-state index contributed by atoms with van der Waals surface area (Å²) in [7, 11) is 0. The Morgan fingerprint density at radius 1 is 1.00 bits per heavy atom. The van der Waals surface area contributed by atoms with E-state index in [0.29, 0.717) is 22.5 Å². The molecular formula is C17H14N2O2. The van der Waals surface area contributed by atoms with Gasteiger partial charge in [0.25, 0.3) is 5.56 Å². The summed E-state index contributed by atoms with van der Waals surface area (Å²) in [5.41, 5.74) is 2.40. The lowest BCUT2D eigenvalue weighted by atomic mass is 10.0. The van der Waals surface area contributed by atoms with Crippen molar-refractivity contribution in [3.05, 3.63) is 70.8 Å². The third-order valence-corrected chi connectivity index (χ3v) is 3.36. The monoisotopic (exact) mass is 278 g/mol. The molecule has 0 saturated heterocycles. The van der Waals surface area contributed by atoms with Crippen LogP contribution in [0.3, 0.4) is 0 Å². The fourth-order valence-electron chi connectivity index (χ4n) is 2.40. The van der Waals surface area contributed by atoms with Crippen LogP contribution in [0.2, 0.25) is 0 Å². The molecule has 0 spiro atoms. The second-order valence-corrected chi connectivity index (χ2v) is 4.76. The van der Waals surface area contributed by atoms with Crippen molar-refractivity contribution in [3.8, 4) is 28.1 Å². The van der Waals surface area contributed by atoms with Gasteiger partial charge >= 0.3 is 0 Å². The van der Waals surface area contributed by atoms with Crippen LogP contribution in [-0.4, -0.2) is 15.1 Å². The number of benzene rings is 1. The van der Waals surface area contributed by atoms with Crippen molar-refractivity contribution in [2.75, 3.05) is 0 Å². The SMILES string of the molecule is Cc1[nH]c(=O)c(-c2ccccc2)c(O)c1-c1ccccn1. The zero-order valence-electron chi connectivity index (χ0n) is 11.5. The number of aromatic hydroxyl groups is 1. The summed E-state index contributed by atoms with van der Waals surface area (Å²) in [5.74, 6) is -0.0406. The summed E-state index contributed by atoms with van der Waals surface area (Å²) in [4.78, 5) is 19.3. The zero-order chi connectivity index (χ0) is 14.8. The first-order valence-electron chi connectivity index (χ1n) is 6.61. The summed E-state index contributed by atoms with van der Waals surface area (Å²) in [6.07, 6.45) is 1.65. The highest BCUT2D eigenvalue weighted by molar-refractivity contribution is 5.81. The fourth-order valence-corrected chi connectivity index (χ4v) is 2.40. The van der Waals surface area contributed by atoms with Crippen molar-refractivity contribution in [2.45, 2.75) is 6.92 Å². The van der Waals surface area contributed by atoms with Gasteiger partial charge in [0, 0.05) is 11.9 Å². The maximum atomic E-state index is 12.2. The minimum absolute atomic E-state index is 0.0406. The lowest BCUT2D eigenvalue weighted by Crippen LogP contribution is -2.12. The Morgan fingerprint density at radius 3 is 2.38 bits per heavy atom. The van der Waals surface area contributed by atoms with Gasteiger partial charge in [-0.3, -0.25) is 9.78 Å². The molecule has 0 bridgehead atoms. The number of nitrogens with zero attached hydrogens (tertiary/aromatic N) is 1. The molecule has 0 amide bonds. The van der Waals surface area contributed by atoms with Crippen LogP contribution in [0.25, 0.3) is 22.4 Å². The molecular weight excluding hydrogens is 264 g/mol. The molecule has 21 heavy (non-hydrogen) atoms. The van der Waals surface area contributed by atoms with E-state index in [1.165, 1.54) is 0 Å². The van der Waals surface area contributed by atoms with E-state index in [1.807, 2.05) is 24.3 Å². The average Bonchev–Trinajstić information content (AvgIpc) is 2.49.